The smallest absolute Gasteiger partial charge is 0.370 e. The van der Waals surface area contributed by atoms with Gasteiger partial charge in [0, 0.05) is 50.5 Å². The average Bonchev–Trinajstić information content (AvgIpc) is 2.97. The minimum Gasteiger partial charge on any atom is -0.370 e. The molecule has 0 saturated carbocycles. The van der Waals surface area contributed by atoms with Crippen LogP contribution in [-0.4, -0.2) is 53.2 Å². The number of aromatic nitrogens is 2. The number of alkyl halides is 6. The Labute approximate surface area is 239 Å². The zero-order chi connectivity index (χ0) is 30.1. The largest absolute Gasteiger partial charge is 0.416 e. The van der Waals surface area contributed by atoms with Crippen molar-refractivity contribution in [2.24, 2.45) is 0 Å². The molecule has 0 aliphatic carbocycles. The summed E-state index contributed by atoms with van der Waals surface area (Å²) in [7, 11) is 0. The number of benzene rings is 2. The van der Waals surface area contributed by atoms with Crippen LogP contribution in [0.5, 0.6) is 0 Å². The Balaban J connectivity index is 1.33. The number of rotatable bonds is 6. The fourth-order valence-corrected chi connectivity index (χ4v) is 5.95. The fraction of sp³-hybridized carbons (Fsp3) is 0.467. The van der Waals surface area contributed by atoms with Crippen LogP contribution in [0.3, 0.4) is 0 Å². The van der Waals surface area contributed by atoms with E-state index >= 15 is 0 Å². The molecule has 2 aliphatic rings. The predicted octanol–water partition coefficient (Wildman–Crippen LogP) is 7.26. The third-order valence-corrected chi connectivity index (χ3v) is 8.19. The quantitative estimate of drug-likeness (QED) is 0.280. The summed E-state index contributed by atoms with van der Waals surface area (Å²) in [6.45, 7) is 4.28. The molecule has 12 heteroatoms. The van der Waals surface area contributed by atoms with Crippen molar-refractivity contribution < 1.29 is 35.5 Å². The molecule has 5 nitrogen and oxygen atoms in total. The molecule has 0 amide bonds. The van der Waals surface area contributed by atoms with Gasteiger partial charge in [0.2, 0.25) is 0 Å². The minimum atomic E-state index is -4.94. The lowest BCUT2D eigenvalue weighted by Gasteiger charge is -2.45. The molecule has 2 aromatic carbocycles. The van der Waals surface area contributed by atoms with Gasteiger partial charge in [-0.2, -0.15) is 26.3 Å². The summed E-state index contributed by atoms with van der Waals surface area (Å²) in [5, 5.41) is 0. The van der Waals surface area contributed by atoms with Gasteiger partial charge in [0.25, 0.3) is 0 Å². The van der Waals surface area contributed by atoms with Crippen LogP contribution in [0.1, 0.15) is 60.5 Å². The van der Waals surface area contributed by atoms with Crippen LogP contribution in [0.2, 0.25) is 0 Å². The van der Waals surface area contributed by atoms with Crippen molar-refractivity contribution in [1.82, 2.24) is 14.9 Å². The van der Waals surface area contributed by atoms with Gasteiger partial charge in [0.15, 0.2) is 0 Å². The number of anilines is 1. The maximum Gasteiger partial charge on any atom is 0.416 e. The maximum absolute atomic E-state index is 13.8. The number of hydrogen-bond donors (Lipinski definition) is 0. The van der Waals surface area contributed by atoms with Crippen LogP contribution in [0.4, 0.5) is 36.6 Å². The van der Waals surface area contributed by atoms with Crippen molar-refractivity contribution in [3.63, 3.8) is 0 Å². The highest BCUT2D eigenvalue weighted by Crippen LogP contribution is 2.40. The molecule has 0 spiro atoms. The van der Waals surface area contributed by atoms with Crippen LogP contribution >= 0.6 is 0 Å². The molecule has 3 atom stereocenters. The Hall–Kier alpha value is -3.25. The van der Waals surface area contributed by atoms with Gasteiger partial charge in [-0.3, -0.25) is 9.88 Å². The second-order valence-electron chi connectivity index (χ2n) is 10.9. The lowest BCUT2D eigenvalue weighted by atomic mass is 9.86. The number of ether oxygens (including phenoxy) is 1. The molecule has 226 valence electrons. The zero-order valence-corrected chi connectivity index (χ0v) is 22.9. The molecule has 0 N–H and O–H groups in total. The average molecular weight is 597 g/mol. The van der Waals surface area contributed by atoms with Gasteiger partial charge in [-0.1, -0.05) is 12.1 Å². The first-order valence-electron chi connectivity index (χ1n) is 13.8. The van der Waals surface area contributed by atoms with E-state index in [9.17, 15) is 30.7 Å². The standard InChI is InChI=1S/C30H31F7N4O/c1-19(21-14-22(29(32,33)34)16-23(15-21)30(35,36)37)42-27-8-13-41(18-26(27)20-2-4-24(31)5-3-20)25-6-11-40(12-7-25)28-17-38-9-10-39-28/h2-5,9-10,14-17,19,25-27H,6-8,11-13,18H2,1H3/t19-,26-,27+/m1/s1. The first-order valence-corrected chi connectivity index (χ1v) is 13.8. The molecular formula is C30H31F7N4O. The highest BCUT2D eigenvalue weighted by molar-refractivity contribution is 5.36. The Morgan fingerprint density at radius 1 is 0.857 bits per heavy atom. The van der Waals surface area contributed by atoms with Crippen LogP contribution in [-0.2, 0) is 17.1 Å². The Bertz CT molecular complexity index is 1290. The summed E-state index contributed by atoms with van der Waals surface area (Å²) in [5.41, 5.74) is -2.15. The number of hydrogen-bond acceptors (Lipinski definition) is 5. The highest BCUT2D eigenvalue weighted by Gasteiger charge is 2.39. The maximum atomic E-state index is 13.8. The summed E-state index contributed by atoms with van der Waals surface area (Å²) in [6, 6.07) is 7.83. The van der Waals surface area contributed by atoms with Crippen LogP contribution < -0.4 is 4.90 Å². The summed E-state index contributed by atoms with van der Waals surface area (Å²) in [5.74, 6) is 0.162. The first kappa shape index (κ1) is 30.2. The van der Waals surface area contributed by atoms with E-state index in [0.29, 0.717) is 31.6 Å². The zero-order valence-electron chi connectivity index (χ0n) is 22.9. The fourth-order valence-electron chi connectivity index (χ4n) is 5.95. The minimum absolute atomic E-state index is 0.117. The number of piperidine rings is 2. The second kappa shape index (κ2) is 12.2. The molecule has 42 heavy (non-hydrogen) atoms. The lowest BCUT2D eigenvalue weighted by Crippen LogP contribution is -2.51. The van der Waals surface area contributed by atoms with E-state index < -0.39 is 41.5 Å². The molecule has 3 heterocycles. The van der Waals surface area contributed by atoms with E-state index in [4.69, 9.17) is 4.74 Å². The van der Waals surface area contributed by atoms with E-state index in [2.05, 4.69) is 19.8 Å². The monoisotopic (exact) mass is 596 g/mol. The van der Waals surface area contributed by atoms with Crippen molar-refractivity contribution in [2.45, 2.75) is 62.7 Å². The van der Waals surface area contributed by atoms with Gasteiger partial charge in [0.05, 0.1) is 29.5 Å². The Morgan fingerprint density at radius 3 is 2.07 bits per heavy atom. The predicted molar refractivity (Wildman–Crippen MR) is 142 cm³/mol. The molecule has 2 fully saturated rings. The van der Waals surface area contributed by atoms with Crippen LogP contribution in [0, 0.1) is 5.82 Å². The van der Waals surface area contributed by atoms with E-state index in [0.717, 1.165) is 37.3 Å². The van der Waals surface area contributed by atoms with Gasteiger partial charge in [-0.05, 0) is 67.6 Å². The number of nitrogens with zero attached hydrogens (tertiary/aromatic N) is 4. The topological polar surface area (TPSA) is 41.5 Å². The first-order chi connectivity index (χ1) is 19.9. The van der Waals surface area contributed by atoms with E-state index in [1.807, 2.05) is 0 Å². The van der Waals surface area contributed by atoms with Gasteiger partial charge >= 0.3 is 12.4 Å². The molecule has 1 aromatic heterocycles. The van der Waals surface area contributed by atoms with Crippen molar-refractivity contribution in [3.05, 3.63) is 89.1 Å². The molecule has 5 rings (SSSR count). The van der Waals surface area contributed by atoms with Crippen LogP contribution in [0.15, 0.2) is 61.1 Å². The van der Waals surface area contributed by atoms with Crippen molar-refractivity contribution in [2.75, 3.05) is 31.1 Å². The van der Waals surface area contributed by atoms with Gasteiger partial charge in [-0.25, -0.2) is 9.37 Å². The summed E-state index contributed by atoms with van der Waals surface area (Å²) < 4.78 is 101. The molecule has 3 aromatic rings. The van der Waals surface area contributed by atoms with Gasteiger partial charge in [-0.15, -0.1) is 0 Å². The second-order valence-corrected chi connectivity index (χ2v) is 10.9. The normalized spacial score (nSPS) is 21.9. The Morgan fingerprint density at radius 2 is 1.50 bits per heavy atom. The van der Waals surface area contributed by atoms with Gasteiger partial charge in [0.1, 0.15) is 11.6 Å². The molecule has 2 saturated heterocycles. The summed E-state index contributed by atoms with van der Waals surface area (Å²) in [6.07, 6.45) is -4.11. The van der Waals surface area contributed by atoms with E-state index in [1.54, 1.807) is 30.7 Å². The van der Waals surface area contributed by atoms with E-state index in [1.165, 1.54) is 19.1 Å². The highest BCUT2D eigenvalue weighted by atomic mass is 19.4. The molecular weight excluding hydrogens is 565 g/mol. The summed E-state index contributed by atoms with van der Waals surface area (Å²) in [4.78, 5) is 13.1. The van der Waals surface area contributed by atoms with Gasteiger partial charge < -0.3 is 9.64 Å². The van der Waals surface area contributed by atoms with Crippen molar-refractivity contribution in [3.8, 4) is 0 Å². The van der Waals surface area contributed by atoms with E-state index in [-0.39, 0.29) is 23.6 Å². The van der Waals surface area contributed by atoms with Crippen molar-refractivity contribution >= 4 is 5.82 Å². The molecule has 0 radical (unpaired) electrons. The third kappa shape index (κ3) is 7.03. The number of halogens is 7. The Kier molecular flexibility index (Phi) is 8.75. The molecule has 0 unspecified atom stereocenters. The lowest BCUT2D eigenvalue weighted by molar-refractivity contribution is -0.143. The number of likely N-dealkylation sites (tertiary alicyclic amines) is 1. The summed E-state index contributed by atoms with van der Waals surface area (Å²) >= 11 is 0. The molecule has 2 aliphatic heterocycles. The van der Waals surface area contributed by atoms with Crippen molar-refractivity contribution in [1.29, 1.82) is 0 Å². The SMILES string of the molecule is C[C@@H](O[C@H]1CCN(C2CCN(c3cnccn3)CC2)C[C@@H]1c1ccc(F)cc1)c1cc(C(F)(F)F)cc(C(F)(F)F)c1. The van der Waals surface area contributed by atoms with Crippen LogP contribution in [0.25, 0.3) is 0 Å². The molecule has 0 bridgehead atoms. The third-order valence-electron chi connectivity index (χ3n) is 8.19.